The van der Waals surface area contributed by atoms with Crippen molar-refractivity contribution in [3.8, 4) is 11.5 Å². The zero-order valence-electron chi connectivity index (χ0n) is 24.0. The Morgan fingerprint density at radius 1 is 0.778 bits per heavy atom. The van der Waals surface area contributed by atoms with E-state index in [-0.39, 0.29) is 0 Å². The van der Waals surface area contributed by atoms with Crippen LogP contribution in [0.4, 0.5) is 0 Å². The molecule has 45 heavy (non-hydrogen) atoms. The summed E-state index contributed by atoms with van der Waals surface area (Å²) in [5.41, 5.74) is 1.67. The molecule has 0 aliphatic carbocycles. The van der Waals surface area contributed by atoms with E-state index in [0.29, 0.717) is 29.9 Å². The molecule has 236 valence electrons. The number of amides is 1. The molecule has 4 unspecified atom stereocenters. The first-order chi connectivity index (χ1) is 21.4. The zero-order valence-corrected chi connectivity index (χ0v) is 24.0. The standard InChI is InChI=1S/C32H31NO12/c1-19(33(18-25(34)35)28(36)26-27(29(37)38)45-32(44-26,30(39)40)31(41)42)24(17-12-20-8-4-2-5-9-20)21-13-15-23(16-14-21)43-22-10-6-3-7-11-22/h2-11,13-16,19,24,26-27H,12,17-18H2,1H3,(H,34,35)(H,37,38)(H,39,40)(H,41,42). The number of ether oxygens (including phenoxy) is 3. The number of aryl methyl sites for hydroxylation is 1. The van der Waals surface area contributed by atoms with Gasteiger partial charge in [0.15, 0.2) is 12.2 Å². The first-order valence-electron chi connectivity index (χ1n) is 13.9. The van der Waals surface area contributed by atoms with Gasteiger partial charge in [0.05, 0.1) is 0 Å². The Hall–Kier alpha value is -5.27. The van der Waals surface area contributed by atoms with E-state index >= 15 is 0 Å². The lowest BCUT2D eigenvalue weighted by atomic mass is 9.85. The van der Waals surface area contributed by atoms with Crippen molar-refractivity contribution in [1.29, 1.82) is 0 Å². The van der Waals surface area contributed by atoms with Crippen LogP contribution in [0.15, 0.2) is 84.9 Å². The molecule has 1 saturated heterocycles. The number of carbonyl (C=O) groups is 5. The molecule has 4 rings (SSSR count). The van der Waals surface area contributed by atoms with Gasteiger partial charge in [0.25, 0.3) is 5.91 Å². The highest BCUT2D eigenvalue weighted by molar-refractivity contribution is 6.02. The third-order valence-corrected chi connectivity index (χ3v) is 7.45. The maximum atomic E-state index is 13.8. The highest BCUT2D eigenvalue weighted by Gasteiger charge is 2.64. The number of rotatable bonds is 14. The number of carbonyl (C=O) groups excluding carboxylic acids is 1. The summed E-state index contributed by atoms with van der Waals surface area (Å²) in [4.78, 5) is 62.2. The topological polar surface area (TPSA) is 197 Å². The van der Waals surface area contributed by atoms with Gasteiger partial charge < -0.3 is 39.5 Å². The molecule has 0 bridgehead atoms. The second-order valence-corrected chi connectivity index (χ2v) is 10.4. The summed E-state index contributed by atoms with van der Waals surface area (Å²) < 4.78 is 15.7. The Kier molecular flexibility index (Phi) is 10.2. The molecular weight excluding hydrogens is 590 g/mol. The van der Waals surface area contributed by atoms with E-state index in [9.17, 15) is 44.4 Å². The van der Waals surface area contributed by atoms with Gasteiger partial charge >= 0.3 is 29.7 Å². The summed E-state index contributed by atoms with van der Waals surface area (Å²) in [5, 5.41) is 38.4. The number of nitrogens with zero attached hydrogens (tertiary/aromatic N) is 1. The van der Waals surface area contributed by atoms with Gasteiger partial charge in [-0.2, -0.15) is 0 Å². The van der Waals surface area contributed by atoms with E-state index in [1.807, 2.05) is 48.5 Å². The van der Waals surface area contributed by atoms with E-state index < -0.39 is 66.3 Å². The molecule has 1 aliphatic heterocycles. The summed E-state index contributed by atoms with van der Waals surface area (Å²) in [6, 6.07) is 24.5. The van der Waals surface area contributed by atoms with Crippen LogP contribution in [0.2, 0.25) is 0 Å². The molecule has 0 aromatic heterocycles. The number of aliphatic carboxylic acids is 4. The van der Waals surface area contributed by atoms with Gasteiger partial charge in [0.2, 0.25) is 0 Å². The predicted molar refractivity (Wildman–Crippen MR) is 155 cm³/mol. The van der Waals surface area contributed by atoms with Crippen LogP contribution in [0.5, 0.6) is 11.5 Å². The van der Waals surface area contributed by atoms with Crippen LogP contribution in [0, 0.1) is 0 Å². The van der Waals surface area contributed by atoms with Gasteiger partial charge in [-0.3, -0.25) is 9.59 Å². The summed E-state index contributed by atoms with van der Waals surface area (Å²) in [7, 11) is 0. The van der Waals surface area contributed by atoms with E-state index in [0.717, 1.165) is 10.5 Å². The second-order valence-electron chi connectivity index (χ2n) is 10.4. The molecule has 4 N–H and O–H groups in total. The van der Waals surface area contributed by atoms with Crippen LogP contribution in [0.1, 0.15) is 30.4 Å². The largest absolute Gasteiger partial charge is 0.480 e. The first kappa shape index (κ1) is 32.6. The second kappa shape index (κ2) is 14.0. The molecule has 1 heterocycles. The van der Waals surface area contributed by atoms with Gasteiger partial charge in [0.1, 0.15) is 18.0 Å². The smallest absolute Gasteiger partial charge is 0.377 e. The average molecular weight is 622 g/mol. The Bertz CT molecular complexity index is 1510. The maximum absolute atomic E-state index is 13.8. The highest BCUT2D eigenvalue weighted by atomic mass is 16.8. The van der Waals surface area contributed by atoms with Crippen LogP contribution in [0.3, 0.4) is 0 Å². The molecule has 3 aromatic rings. The first-order valence-corrected chi connectivity index (χ1v) is 13.9. The van der Waals surface area contributed by atoms with Crippen molar-refractivity contribution >= 4 is 29.8 Å². The molecule has 13 heteroatoms. The number of para-hydroxylation sites is 1. The minimum Gasteiger partial charge on any atom is -0.480 e. The molecule has 0 saturated carbocycles. The lowest BCUT2D eigenvalue weighted by molar-refractivity contribution is -0.221. The monoisotopic (exact) mass is 621 g/mol. The fraction of sp³-hybridized carbons (Fsp3) is 0.281. The number of benzene rings is 3. The van der Waals surface area contributed by atoms with Gasteiger partial charge in [0, 0.05) is 12.0 Å². The van der Waals surface area contributed by atoms with E-state index in [4.69, 9.17) is 14.2 Å². The van der Waals surface area contributed by atoms with Crippen molar-refractivity contribution in [3.05, 3.63) is 96.1 Å². The molecular formula is C32H31NO12. The number of carboxylic acids is 4. The van der Waals surface area contributed by atoms with E-state index in [2.05, 4.69) is 0 Å². The van der Waals surface area contributed by atoms with Crippen molar-refractivity contribution in [2.45, 2.75) is 49.7 Å². The quantitative estimate of drug-likeness (QED) is 0.192. The minimum absolute atomic E-state index is 0.409. The molecule has 1 amide bonds. The number of hydrogen-bond donors (Lipinski definition) is 4. The van der Waals surface area contributed by atoms with Crippen LogP contribution in [0.25, 0.3) is 0 Å². The van der Waals surface area contributed by atoms with Crippen LogP contribution in [-0.4, -0.2) is 85.7 Å². The number of carboxylic acid groups (broad SMARTS) is 4. The van der Waals surface area contributed by atoms with E-state index in [1.54, 1.807) is 43.3 Å². The Balaban J connectivity index is 1.68. The van der Waals surface area contributed by atoms with Crippen LogP contribution in [-0.2, 0) is 39.9 Å². The fourth-order valence-corrected chi connectivity index (χ4v) is 5.17. The zero-order chi connectivity index (χ0) is 32.7. The van der Waals surface area contributed by atoms with Gasteiger partial charge in [-0.05, 0) is 55.2 Å². The van der Waals surface area contributed by atoms with Crippen molar-refractivity contribution < 1.29 is 58.6 Å². The molecule has 4 atom stereocenters. The maximum Gasteiger partial charge on any atom is 0.377 e. The third-order valence-electron chi connectivity index (χ3n) is 7.45. The van der Waals surface area contributed by atoms with Crippen LogP contribution < -0.4 is 4.74 Å². The minimum atomic E-state index is -3.48. The Labute approximate surface area is 257 Å². The molecule has 1 aliphatic rings. The lowest BCUT2D eigenvalue weighted by Gasteiger charge is -2.36. The average Bonchev–Trinajstić information content (AvgIpc) is 3.45. The summed E-state index contributed by atoms with van der Waals surface area (Å²) >= 11 is 0. The van der Waals surface area contributed by atoms with Crippen molar-refractivity contribution in [2.75, 3.05) is 6.54 Å². The van der Waals surface area contributed by atoms with Gasteiger partial charge in [-0.25, -0.2) is 14.4 Å². The molecule has 1 fully saturated rings. The van der Waals surface area contributed by atoms with Gasteiger partial charge in [-0.1, -0.05) is 60.7 Å². The SMILES string of the molecule is CC(C(CCc1ccccc1)c1ccc(Oc2ccccc2)cc1)N(CC(=O)O)C(=O)C1OC(C(=O)O)(C(=O)O)OC1C(=O)O. The summed E-state index contributed by atoms with van der Waals surface area (Å²) in [6.45, 7) is 0.647. The van der Waals surface area contributed by atoms with Crippen molar-refractivity contribution in [3.63, 3.8) is 0 Å². The van der Waals surface area contributed by atoms with Crippen molar-refractivity contribution in [2.24, 2.45) is 0 Å². The highest BCUT2D eigenvalue weighted by Crippen LogP contribution is 2.35. The fourth-order valence-electron chi connectivity index (χ4n) is 5.17. The van der Waals surface area contributed by atoms with E-state index in [1.165, 1.54) is 0 Å². The van der Waals surface area contributed by atoms with Gasteiger partial charge in [-0.15, -0.1) is 0 Å². The Morgan fingerprint density at radius 3 is 1.84 bits per heavy atom. The predicted octanol–water partition coefficient (Wildman–Crippen LogP) is 3.23. The molecule has 0 spiro atoms. The molecule has 0 radical (unpaired) electrons. The summed E-state index contributed by atoms with van der Waals surface area (Å²) in [5.74, 6) is -11.8. The number of hydrogen-bond acceptors (Lipinski definition) is 8. The molecule has 3 aromatic carbocycles. The Morgan fingerprint density at radius 2 is 1.31 bits per heavy atom. The van der Waals surface area contributed by atoms with Crippen LogP contribution >= 0.6 is 0 Å². The summed E-state index contributed by atoms with van der Waals surface area (Å²) in [6.07, 6.45) is -3.68. The molecule has 13 nitrogen and oxygen atoms in total. The third kappa shape index (κ3) is 7.45. The van der Waals surface area contributed by atoms with Crippen molar-refractivity contribution in [1.82, 2.24) is 4.90 Å². The lowest BCUT2D eigenvalue weighted by Crippen LogP contribution is -2.53. The normalized spacial score (nSPS) is 18.3.